The number of ketones is 1. The van der Waals surface area contributed by atoms with Crippen LogP contribution in [0.4, 0.5) is 0 Å². The van der Waals surface area contributed by atoms with Crippen molar-refractivity contribution in [2.45, 2.75) is 52.4 Å². The predicted molar refractivity (Wildman–Crippen MR) is 103 cm³/mol. The fraction of sp³-hybridized carbons (Fsp3) is 0.409. The van der Waals surface area contributed by atoms with E-state index in [1.54, 1.807) is 12.2 Å². The molecule has 25 heavy (non-hydrogen) atoms. The number of ether oxygens (including phenoxy) is 1. The molecule has 3 nitrogen and oxygen atoms in total. The maximum absolute atomic E-state index is 11.7. The third-order valence-corrected chi connectivity index (χ3v) is 4.27. The first-order chi connectivity index (χ1) is 11.4. The first-order valence-electron chi connectivity index (χ1n) is 8.51. The maximum atomic E-state index is 11.7. The number of aromatic hydroxyl groups is 1. The van der Waals surface area contributed by atoms with Gasteiger partial charge in [0, 0.05) is 11.1 Å². The Morgan fingerprint density at radius 1 is 0.960 bits per heavy atom. The Hall–Kier alpha value is -2.29. The van der Waals surface area contributed by atoms with E-state index in [2.05, 4.69) is 41.5 Å². The number of allylic oxidation sites excluding steroid dienone is 4. The molecule has 1 aliphatic rings. The molecule has 0 saturated heterocycles. The van der Waals surface area contributed by atoms with Crippen molar-refractivity contribution in [3.63, 3.8) is 0 Å². The average molecular weight is 340 g/mol. The lowest BCUT2D eigenvalue weighted by Crippen LogP contribution is -2.17. The maximum Gasteiger partial charge on any atom is 0.220 e. The third-order valence-electron chi connectivity index (χ3n) is 4.27. The largest absolute Gasteiger partial charge is 0.507 e. The summed E-state index contributed by atoms with van der Waals surface area (Å²) in [5.41, 5.74) is 3.36. The highest BCUT2D eigenvalue weighted by molar-refractivity contribution is 6.05. The lowest BCUT2D eigenvalue weighted by Gasteiger charge is -2.28. The zero-order chi connectivity index (χ0) is 19.0. The summed E-state index contributed by atoms with van der Waals surface area (Å²) in [7, 11) is 1.50. The molecular formula is C22H28O3. The quantitative estimate of drug-likeness (QED) is 0.820. The first-order valence-corrected chi connectivity index (χ1v) is 8.51. The number of methoxy groups -OCH3 is 1. The summed E-state index contributed by atoms with van der Waals surface area (Å²) < 4.78 is 5.13. The van der Waals surface area contributed by atoms with Gasteiger partial charge < -0.3 is 9.84 Å². The number of phenols is 1. The first kappa shape index (κ1) is 19.0. The van der Waals surface area contributed by atoms with Gasteiger partial charge in [0.1, 0.15) is 5.75 Å². The molecule has 1 N–H and O–H groups in total. The molecule has 134 valence electrons. The zero-order valence-electron chi connectivity index (χ0n) is 16.2. The van der Waals surface area contributed by atoms with E-state index in [1.165, 1.54) is 13.2 Å². The van der Waals surface area contributed by atoms with Crippen LogP contribution in [0.5, 0.6) is 5.75 Å². The standard InChI is InChI=1S/C22H28O3/c1-21(2,3)16-11-15(12-17(20(16)24)22(4,5)6)10-14-8-9-18(23)19(13-14)25-7/h8-13,24H,1-7H3/b14-10+. The van der Waals surface area contributed by atoms with Crippen LogP contribution in [-0.4, -0.2) is 18.0 Å². The van der Waals surface area contributed by atoms with Crippen molar-refractivity contribution in [1.82, 2.24) is 0 Å². The Kier molecular flexibility index (Phi) is 4.99. The van der Waals surface area contributed by atoms with E-state index in [1.807, 2.05) is 18.2 Å². The number of hydrogen-bond acceptors (Lipinski definition) is 3. The van der Waals surface area contributed by atoms with Crippen molar-refractivity contribution in [3.8, 4) is 5.75 Å². The van der Waals surface area contributed by atoms with Crippen LogP contribution < -0.4 is 0 Å². The molecule has 0 bridgehead atoms. The lowest BCUT2D eigenvalue weighted by molar-refractivity contribution is -0.114. The van der Waals surface area contributed by atoms with Crippen molar-refractivity contribution < 1.29 is 14.6 Å². The van der Waals surface area contributed by atoms with Gasteiger partial charge >= 0.3 is 0 Å². The van der Waals surface area contributed by atoms with Crippen LogP contribution in [0.25, 0.3) is 6.08 Å². The van der Waals surface area contributed by atoms with Gasteiger partial charge in [0.25, 0.3) is 0 Å². The van der Waals surface area contributed by atoms with Gasteiger partial charge in [-0.05, 0) is 52.3 Å². The van der Waals surface area contributed by atoms with Crippen LogP contribution in [-0.2, 0) is 20.4 Å². The highest BCUT2D eigenvalue weighted by Gasteiger charge is 2.26. The molecule has 0 unspecified atom stereocenters. The van der Waals surface area contributed by atoms with E-state index in [9.17, 15) is 9.90 Å². The van der Waals surface area contributed by atoms with Crippen LogP contribution in [0.2, 0.25) is 0 Å². The van der Waals surface area contributed by atoms with Crippen LogP contribution in [0.3, 0.4) is 0 Å². The third kappa shape index (κ3) is 4.22. The number of phenolic OH excluding ortho intramolecular Hbond substituents is 1. The Balaban J connectivity index is 2.63. The van der Waals surface area contributed by atoms with Gasteiger partial charge in [0.05, 0.1) is 7.11 Å². The summed E-state index contributed by atoms with van der Waals surface area (Å²) in [5.74, 6) is 0.570. The second-order valence-electron chi connectivity index (χ2n) is 8.52. The van der Waals surface area contributed by atoms with Gasteiger partial charge in [-0.15, -0.1) is 0 Å². The predicted octanol–water partition coefficient (Wildman–Crippen LogP) is 5.04. The smallest absolute Gasteiger partial charge is 0.220 e. The summed E-state index contributed by atoms with van der Waals surface area (Å²) >= 11 is 0. The number of benzene rings is 1. The van der Waals surface area contributed by atoms with E-state index >= 15 is 0 Å². The Morgan fingerprint density at radius 2 is 1.48 bits per heavy atom. The topological polar surface area (TPSA) is 46.5 Å². The Morgan fingerprint density at radius 3 is 1.92 bits per heavy atom. The van der Waals surface area contributed by atoms with Gasteiger partial charge in [0.2, 0.25) is 5.78 Å². The number of carbonyl (C=O) groups is 1. The molecule has 0 spiro atoms. The average Bonchev–Trinajstić information content (AvgIpc) is 2.48. The van der Waals surface area contributed by atoms with Crippen molar-refractivity contribution in [2.75, 3.05) is 7.11 Å². The molecule has 0 heterocycles. The summed E-state index contributed by atoms with van der Waals surface area (Å²) in [6.45, 7) is 12.5. The van der Waals surface area contributed by atoms with Crippen molar-refractivity contribution >= 4 is 11.9 Å². The van der Waals surface area contributed by atoms with E-state index in [0.29, 0.717) is 11.5 Å². The molecule has 1 aromatic carbocycles. The summed E-state index contributed by atoms with van der Waals surface area (Å²) in [5, 5.41) is 10.8. The summed E-state index contributed by atoms with van der Waals surface area (Å²) in [6.07, 6.45) is 7.04. The molecule has 1 aromatic rings. The minimum Gasteiger partial charge on any atom is -0.507 e. The van der Waals surface area contributed by atoms with Gasteiger partial charge in [-0.1, -0.05) is 47.6 Å². The van der Waals surface area contributed by atoms with Crippen LogP contribution in [0.15, 0.2) is 41.7 Å². The molecule has 0 saturated carbocycles. The zero-order valence-corrected chi connectivity index (χ0v) is 16.2. The second-order valence-corrected chi connectivity index (χ2v) is 8.52. The highest BCUT2D eigenvalue weighted by Crippen LogP contribution is 2.40. The van der Waals surface area contributed by atoms with Gasteiger partial charge in [0.15, 0.2) is 5.76 Å². The minimum atomic E-state index is -0.176. The molecule has 0 fully saturated rings. The van der Waals surface area contributed by atoms with Gasteiger partial charge in [-0.2, -0.15) is 0 Å². The number of hydrogen-bond donors (Lipinski definition) is 1. The fourth-order valence-corrected chi connectivity index (χ4v) is 2.85. The van der Waals surface area contributed by atoms with E-state index in [-0.39, 0.29) is 16.6 Å². The van der Waals surface area contributed by atoms with Gasteiger partial charge in [-0.25, -0.2) is 0 Å². The second kappa shape index (κ2) is 6.55. The van der Waals surface area contributed by atoms with E-state index < -0.39 is 0 Å². The van der Waals surface area contributed by atoms with Crippen molar-refractivity contribution in [2.24, 2.45) is 0 Å². The van der Waals surface area contributed by atoms with E-state index in [4.69, 9.17) is 4.74 Å². The number of rotatable bonds is 2. The Bertz CT molecular complexity index is 743. The Labute approximate surface area is 150 Å². The molecule has 2 rings (SSSR count). The molecule has 0 atom stereocenters. The van der Waals surface area contributed by atoms with Gasteiger partial charge in [-0.3, -0.25) is 4.79 Å². The lowest BCUT2D eigenvalue weighted by atomic mass is 9.78. The number of carbonyl (C=O) groups excluding carboxylic acids is 1. The fourth-order valence-electron chi connectivity index (χ4n) is 2.85. The van der Waals surface area contributed by atoms with Crippen molar-refractivity contribution in [1.29, 1.82) is 0 Å². The van der Waals surface area contributed by atoms with Crippen LogP contribution in [0.1, 0.15) is 58.2 Å². The molecular weight excluding hydrogens is 312 g/mol. The summed E-state index contributed by atoms with van der Waals surface area (Å²) in [6, 6.07) is 4.03. The van der Waals surface area contributed by atoms with Crippen molar-refractivity contribution in [3.05, 3.63) is 58.4 Å². The molecule has 1 aliphatic carbocycles. The minimum absolute atomic E-state index is 0.129. The monoisotopic (exact) mass is 340 g/mol. The molecule has 0 amide bonds. The molecule has 0 aromatic heterocycles. The van der Waals surface area contributed by atoms with Crippen LogP contribution >= 0.6 is 0 Å². The molecule has 0 radical (unpaired) electrons. The normalized spacial score (nSPS) is 17.0. The van der Waals surface area contributed by atoms with E-state index in [0.717, 1.165) is 22.3 Å². The highest BCUT2D eigenvalue weighted by atomic mass is 16.5. The summed E-state index contributed by atoms with van der Waals surface area (Å²) in [4.78, 5) is 11.7. The SMILES string of the molecule is COC1=C/C(=C/c2cc(C(C)(C)C)c(O)c(C(C)(C)C)c2)C=CC1=O. The molecule has 0 aliphatic heterocycles. The molecule has 3 heteroatoms. The van der Waals surface area contributed by atoms with Crippen LogP contribution in [0, 0.1) is 0 Å².